The summed E-state index contributed by atoms with van der Waals surface area (Å²) in [5, 5.41) is 7.33. The first kappa shape index (κ1) is 52.3. The van der Waals surface area contributed by atoms with Gasteiger partial charge in [0.25, 0.3) is 0 Å². The summed E-state index contributed by atoms with van der Waals surface area (Å²) in [5.74, 6) is 7.60. The van der Waals surface area contributed by atoms with Crippen LogP contribution in [-0.2, 0) is 24.2 Å². The zero-order chi connectivity index (χ0) is 49.3. The number of hydrogen-bond donors (Lipinski definition) is 2. The van der Waals surface area contributed by atoms with E-state index in [9.17, 15) is 4.79 Å². The van der Waals surface area contributed by atoms with E-state index in [-0.39, 0.29) is 29.3 Å². The van der Waals surface area contributed by atoms with E-state index in [0.29, 0.717) is 18.5 Å². The number of fused-ring (bicyclic) bond motifs is 1. The van der Waals surface area contributed by atoms with Crippen LogP contribution in [-0.4, -0.2) is 81.6 Å². The molecular formula is C60H85N7O. The lowest BCUT2D eigenvalue weighted by atomic mass is 9.79. The lowest BCUT2D eigenvalue weighted by Crippen LogP contribution is -2.52. The topological polar surface area (TPSA) is 68.7 Å². The maximum atomic E-state index is 12.0. The van der Waals surface area contributed by atoms with Gasteiger partial charge in [0.2, 0.25) is 6.41 Å². The number of allylic oxidation sites excluding steroid dienone is 1. The monoisotopic (exact) mass is 920 g/mol. The van der Waals surface area contributed by atoms with Gasteiger partial charge in [0, 0.05) is 71.8 Å². The van der Waals surface area contributed by atoms with Crippen LogP contribution >= 0.6 is 0 Å². The number of piperidine rings is 1. The number of carbonyl (C=O) groups is 1. The van der Waals surface area contributed by atoms with Crippen molar-refractivity contribution in [2.45, 2.75) is 170 Å². The minimum atomic E-state index is -0.159. The molecule has 8 nitrogen and oxygen atoms in total. The second-order valence-corrected chi connectivity index (χ2v) is 21.5. The van der Waals surface area contributed by atoms with Gasteiger partial charge in [-0.3, -0.25) is 14.7 Å². The quantitative estimate of drug-likeness (QED) is 0.0493. The number of nitrogens with zero attached hydrogens (tertiary/aromatic N) is 5. The number of carbonyl (C=O) groups excluding carboxylic acids is 1. The minimum absolute atomic E-state index is 0.0271. The minimum Gasteiger partial charge on any atom is -0.378 e. The molecule has 0 radical (unpaired) electrons. The van der Waals surface area contributed by atoms with E-state index in [1.54, 1.807) is 4.90 Å². The maximum Gasteiger partial charge on any atom is 0.210 e. The first-order chi connectivity index (χ1) is 32.5. The van der Waals surface area contributed by atoms with Crippen molar-refractivity contribution in [2.24, 2.45) is 11.3 Å². The van der Waals surface area contributed by atoms with Gasteiger partial charge in [-0.25, -0.2) is 5.43 Å². The molecule has 2 aromatic carbocycles. The Bertz CT molecular complexity index is 2460. The number of hydrazine groups is 1. The third-order valence-corrected chi connectivity index (χ3v) is 14.9. The highest BCUT2D eigenvalue weighted by atomic mass is 16.1. The molecule has 8 heteroatoms. The predicted octanol–water partition coefficient (Wildman–Crippen LogP) is 12.6. The normalized spacial score (nSPS) is 18.1. The van der Waals surface area contributed by atoms with Crippen LogP contribution in [0.1, 0.15) is 148 Å². The van der Waals surface area contributed by atoms with Crippen molar-refractivity contribution in [3.8, 4) is 34.2 Å². The van der Waals surface area contributed by atoms with Crippen molar-refractivity contribution in [3.63, 3.8) is 0 Å². The first-order valence-corrected chi connectivity index (χ1v) is 25.9. The van der Waals surface area contributed by atoms with E-state index in [1.165, 1.54) is 69.2 Å². The van der Waals surface area contributed by atoms with Crippen molar-refractivity contribution < 1.29 is 4.79 Å². The molecule has 1 amide bonds. The Morgan fingerprint density at radius 2 is 1.81 bits per heavy atom. The molecular weight excluding hydrogens is 835 g/mol. The molecule has 4 aromatic rings. The van der Waals surface area contributed by atoms with Crippen molar-refractivity contribution >= 4 is 17.3 Å². The molecule has 6 rings (SSSR count). The lowest BCUT2D eigenvalue weighted by molar-refractivity contribution is -0.119. The van der Waals surface area contributed by atoms with Gasteiger partial charge in [-0.05, 0) is 150 Å². The van der Waals surface area contributed by atoms with Crippen LogP contribution in [0.4, 0.5) is 0 Å². The zero-order valence-corrected chi connectivity index (χ0v) is 43.9. The smallest absolute Gasteiger partial charge is 0.210 e. The van der Waals surface area contributed by atoms with E-state index in [1.807, 2.05) is 13.2 Å². The molecule has 2 fully saturated rings. The largest absolute Gasteiger partial charge is 0.378 e. The highest BCUT2D eigenvalue weighted by molar-refractivity contribution is 5.95. The van der Waals surface area contributed by atoms with E-state index in [4.69, 9.17) is 4.98 Å². The fourth-order valence-electron chi connectivity index (χ4n) is 10.9. The van der Waals surface area contributed by atoms with Crippen molar-refractivity contribution in [1.82, 2.24) is 35.1 Å². The van der Waals surface area contributed by atoms with Gasteiger partial charge in [-0.15, -0.1) is 6.58 Å². The standard InChI is InChI=1S/C60H85N7O/c1-15-18-28-60(12,13)38-54-52-37-50(26-27-56(52)66(17-3)59(54)53-35-48(39-61-57(53)43(7)16-2)25-22-30-65-29-20-19-24-45(65)9)51-33-42(6)32-49(34-51)36-55(47(11)67-31-21-23-44(8)63-67)62-46(10)58(41(4)5)64(14)40-68/h15,26-27,32-35,37,39-41,43-45,55,58,62-63H,1,10-11,16-21,23-24,28-31,36,38H2,2-9,12-14H3. The van der Waals surface area contributed by atoms with Crippen molar-refractivity contribution in [2.75, 3.05) is 26.7 Å². The summed E-state index contributed by atoms with van der Waals surface area (Å²) in [7, 11) is 1.84. The zero-order valence-electron chi connectivity index (χ0n) is 43.9. The number of likely N-dealkylation sites (tertiary alicyclic amines) is 1. The van der Waals surface area contributed by atoms with Crippen LogP contribution in [0.5, 0.6) is 0 Å². The van der Waals surface area contributed by atoms with Crippen LogP contribution in [0, 0.1) is 30.1 Å². The number of benzene rings is 2. The number of rotatable bonds is 21. The molecule has 5 unspecified atom stereocenters. The molecule has 366 valence electrons. The molecule has 4 heterocycles. The van der Waals surface area contributed by atoms with Crippen LogP contribution in [0.3, 0.4) is 0 Å². The highest BCUT2D eigenvalue weighted by Crippen LogP contribution is 2.43. The number of aryl methyl sites for hydroxylation is 2. The Morgan fingerprint density at radius 3 is 2.49 bits per heavy atom. The molecule has 0 spiro atoms. The Morgan fingerprint density at radius 1 is 1.03 bits per heavy atom. The van der Waals surface area contributed by atoms with Gasteiger partial charge in [0.05, 0.1) is 30.0 Å². The van der Waals surface area contributed by atoms with Gasteiger partial charge in [-0.1, -0.05) is 109 Å². The third kappa shape index (κ3) is 12.6. The first-order valence-electron chi connectivity index (χ1n) is 25.9. The van der Waals surface area contributed by atoms with Crippen molar-refractivity contribution in [3.05, 3.63) is 114 Å². The number of aromatic nitrogens is 2. The molecule has 5 atom stereocenters. The summed E-state index contributed by atoms with van der Waals surface area (Å²) in [5.41, 5.74) is 17.6. The number of pyridine rings is 1. The number of likely N-dealkylation sites (N-methyl/N-ethyl adjacent to an activating group) is 1. The third-order valence-electron chi connectivity index (χ3n) is 14.9. The Balaban J connectivity index is 1.47. The van der Waals surface area contributed by atoms with E-state index in [0.717, 1.165) is 93.8 Å². The molecule has 2 N–H and O–H groups in total. The predicted molar refractivity (Wildman–Crippen MR) is 288 cm³/mol. The Kier molecular flexibility index (Phi) is 18.0. The molecule has 2 aliphatic heterocycles. The second-order valence-electron chi connectivity index (χ2n) is 21.5. The molecule has 0 bridgehead atoms. The van der Waals surface area contributed by atoms with E-state index < -0.39 is 0 Å². The summed E-state index contributed by atoms with van der Waals surface area (Å²) in [6.45, 7) is 39.7. The summed E-state index contributed by atoms with van der Waals surface area (Å²) in [4.78, 5) is 21.6. The fourth-order valence-corrected chi connectivity index (χ4v) is 10.9. The van der Waals surface area contributed by atoms with Crippen LogP contribution in [0.2, 0.25) is 0 Å². The molecule has 2 aromatic heterocycles. The van der Waals surface area contributed by atoms with Gasteiger partial charge in [0.15, 0.2) is 0 Å². The van der Waals surface area contributed by atoms with Gasteiger partial charge in [0.1, 0.15) is 0 Å². The SMILES string of the molecule is C=CCCC(C)(C)Cc1c(-c2cc(C#CCN3CCCCC3C)cnc2C(C)CC)n(CC)c2ccc(-c3cc(C)cc(CC(NC(=C)C(C(C)C)N(C)C=O)C(=C)N4CCCC(C)N4)c3)cc12. The summed E-state index contributed by atoms with van der Waals surface area (Å²) in [6, 6.07) is 17.1. The summed E-state index contributed by atoms with van der Waals surface area (Å²) >= 11 is 0. The van der Waals surface area contributed by atoms with Crippen molar-refractivity contribution in [1.29, 1.82) is 0 Å². The molecule has 2 saturated heterocycles. The molecule has 0 aliphatic carbocycles. The average molecular weight is 920 g/mol. The van der Waals surface area contributed by atoms with E-state index >= 15 is 0 Å². The number of amides is 1. The second kappa shape index (κ2) is 23.5. The summed E-state index contributed by atoms with van der Waals surface area (Å²) in [6.07, 6.45) is 15.7. The highest BCUT2D eigenvalue weighted by Gasteiger charge is 2.30. The fraction of sp³-hybridized carbons (Fsp3) is 0.533. The van der Waals surface area contributed by atoms with Gasteiger partial charge >= 0.3 is 0 Å². The number of hydrogen-bond acceptors (Lipinski definition) is 6. The van der Waals surface area contributed by atoms with Crippen LogP contribution < -0.4 is 10.7 Å². The van der Waals surface area contributed by atoms with Gasteiger partial charge in [-0.2, -0.15) is 0 Å². The Hall–Kier alpha value is -5.10. The molecule has 0 saturated carbocycles. The molecule has 68 heavy (non-hydrogen) atoms. The van der Waals surface area contributed by atoms with Crippen LogP contribution in [0.15, 0.2) is 85.9 Å². The molecule has 2 aliphatic rings. The Labute approximate surface area is 411 Å². The van der Waals surface area contributed by atoms with E-state index in [2.05, 4.69) is 175 Å². The lowest BCUT2D eigenvalue weighted by Gasteiger charge is -2.40. The maximum absolute atomic E-state index is 12.0. The van der Waals surface area contributed by atoms with Gasteiger partial charge < -0.3 is 19.8 Å². The van der Waals surface area contributed by atoms with Crippen LogP contribution in [0.25, 0.3) is 33.3 Å². The number of nitrogens with one attached hydrogen (secondary N) is 2. The average Bonchev–Trinajstić information content (AvgIpc) is 3.61. The summed E-state index contributed by atoms with van der Waals surface area (Å²) < 4.78 is 2.55.